The third kappa shape index (κ3) is 6.88. The van der Waals surface area contributed by atoms with Crippen LogP contribution in [-0.2, 0) is 18.3 Å². The number of aromatic nitrogens is 2. The third-order valence-electron chi connectivity index (χ3n) is 4.07. The van der Waals surface area contributed by atoms with Crippen LogP contribution < -0.4 is 10.6 Å². The van der Waals surface area contributed by atoms with Gasteiger partial charge < -0.3 is 20.3 Å². The number of aliphatic imine (C=N–C) groups is 1. The number of nitrogens with one attached hydrogen (secondary N) is 2. The zero-order chi connectivity index (χ0) is 17.9. The van der Waals surface area contributed by atoms with Crippen LogP contribution in [-0.4, -0.2) is 67.6 Å². The minimum atomic E-state index is 0.643. The molecule has 2 N–H and O–H groups in total. The second-order valence-corrected chi connectivity index (χ2v) is 6.04. The molecule has 0 saturated carbocycles. The average Bonchev–Trinajstić information content (AvgIpc) is 2.78. The fourth-order valence-electron chi connectivity index (χ4n) is 2.50. The maximum Gasteiger partial charge on any atom is 0.191 e. The lowest BCUT2D eigenvalue weighted by atomic mass is 10.2. The number of methoxy groups -OCH3 is 1. The first kappa shape index (κ1) is 20.4. The molecule has 0 aliphatic heterocycles. The molecule has 0 atom stereocenters. The molecule has 0 fully saturated rings. The molecule has 0 amide bonds. The lowest BCUT2D eigenvalue weighted by Gasteiger charge is -2.18. The van der Waals surface area contributed by atoms with Crippen molar-refractivity contribution in [2.24, 2.45) is 12.0 Å². The van der Waals surface area contributed by atoms with E-state index < -0.39 is 0 Å². The van der Waals surface area contributed by atoms with Crippen LogP contribution in [0.4, 0.5) is 0 Å². The summed E-state index contributed by atoms with van der Waals surface area (Å²) in [4.78, 5) is 6.99. The molecular formula is C17H34N6O. The monoisotopic (exact) mass is 338 g/mol. The van der Waals surface area contributed by atoms with Crippen LogP contribution in [0.15, 0.2) is 4.99 Å². The molecule has 1 rings (SSSR count). The number of ether oxygens (including phenoxy) is 1. The first-order chi connectivity index (χ1) is 11.5. The van der Waals surface area contributed by atoms with Crippen LogP contribution in [0.1, 0.15) is 30.3 Å². The number of hydrogen-bond donors (Lipinski definition) is 2. The van der Waals surface area contributed by atoms with Gasteiger partial charge in [0.05, 0.1) is 12.2 Å². The molecule has 0 aromatic carbocycles. The third-order valence-corrected chi connectivity index (χ3v) is 4.07. The number of nitrogens with zero attached hydrogens (tertiary/aromatic N) is 4. The average molecular weight is 339 g/mol. The summed E-state index contributed by atoms with van der Waals surface area (Å²) in [5, 5.41) is 11.1. The van der Waals surface area contributed by atoms with E-state index in [1.807, 2.05) is 18.7 Å². The van der Waals surface area contributed by atoms with Crippen LogP contribution in [0.3, 0.4) is 0 Å². The van der Waals surface area contributed by atoms with Crippen molar-refractivity contribution in [2.75, 3.05) is 46.9 Å². The lowest BCUT2D eigenvalue weighted by molar-refractivity contribution is 0.180. The van der Waals surface area contributed by atoms with Gasteiger partial charge in [0.1, 0.15) is 0 Å². The van der Waals surface area contributed by atoms with E-state index in [0.29, 0.717) is 6.54 Å². The van der Waals surface area contributed by atoms with Crippen LogP contribution in [0.25, 0.3) is 0 Å². The summed E-state index contributed by atoms with van der Waals surface area (Å²) in [5.74, 6) is 0.852. The molecule has 1 aromatic heterocycles. The molecule has 0 unspecified atom stereocenters. The Bertz CT molecular complexity index is 511. The van der Waals surface area contributed by atoms with E-state index in [9.17, 15) is 0 Å². The molecule has 0 aliphatic carbocycles. The predicted molar refractivity (Wildman–Crippen MR) is 99.5 cm³/mol. The molecule has 0 spiro atoms. The van der Waals surface area contributed by atoms with Crippen molar-refractivity contribution >= 4 is 5.96 Å². The van der Waals surface area contributed by atoms with Gasteiger partial charge in [-0.25, -0.2) is 4.99 Å². The highest BCUT2D eigenvalue weighted by Crippen LogP contribution is 2.12. The van der Waals surface area contributed by atoms with Crippen molar-refractivity contribution in [3.63, 3.8) is 0 Å². The lowest BCUT2D eigenvalue weighted by Crippen LogP contribution is -2.41. The van der Waals surface area contributed by atoms with Gasteiger partial charge in [-0.15, -0.1) is 0 Å². The van der Waals surface area contributed by atoms with Crippen molar-refractivity contribution < 1.29 is 4.74 Å². The van der Waals surface area contributed by atoms with Gasteiger partial charge in [-0.3, -0.25) is 4.68 Å². The Kier molecular flexibility index (Phi) is 9.41. The maximum absolute atomic E-state index is 5.08. The quantitative estimate of drug-likeness (QED) is 0.379. The summed E-state index contributed by atoms with van der Waals surface area (Å²) < 4.78 is 7.00. The Morgan fingerprint density at radius 1 is 1.29 bits per heavy atom. The number of hydrogen-bond acceptors (Lipinski definition) is 4. The number of likely N-dealkylation sites (N-methyl/N-ethyl adjacent to an activating group) is 1. The molecule has 1 heterocycles. The van der Waals surface area contributed by atoms with E-state index in [1.54, 1.807) is 7.11 Å². The van der Waals surface area contributed by atoms with E-state index >= 15 is 0 Å². The zero-order valence-electron chi connectivity index (χ0n) is 16.1. The Hall–Kier alpha value is -1.60. The smallest absolute Gasteiger partial charge is 0.191 e. The van der Waals surface area contributed by atoms with Crippen molar-refractivity contribution in [3.8, 4) is 0 Å². The zero-order valence-corrected chi connectivity index (χ0v) is 16.1. The van der Waals surface area contributed by atoms with Gasteiger partial charge >= 0.3 is 0 Å². The second-order valence-electron chi connectivity index (χ2n) is 6.04. The minimum Gasteiger partial charge on any atom is -0.385 e. The van der Waals surface area contributed by atoms with E-state index in [2.05, 4.69) is 41.5 Å². The number of aryl methyl sites for hydroxylation is 2. The summed E-state index contributed by atoms with van der Waals surface area (Å²) in [6, 6.07) is 0. The Morgan fingerprint density at radius 2 is 2.04 bits per heavy atom. The second kappa shape index (κ2) is 11.0. The van der Waals surface area contributed by atoms with E-state index in [1.165, 1.54) is 11.3 Å². The van der Waals surface area contributed by atoms with Gasteiger partial charge in [0.15, 0.2) is 5.96 Å². The molecule has 7 nitrogen and oxygen atoms in total. The highest BCUT2D eigenvalue weighted by molar-refractivity contribution is 5.79. The molecule has 138 valence electrons. The number of rotatable bonds is 10. The van der Waals surface area contributed by atoms with Gasteiger partial charge in [0, 0.05) is 58.2 Å². The molecule has 0 saturated heterocycles. The molecular weight excluding hydrogens is 304 g/mol. The van der Waals surface area contributed by atoms with Crippen molar-refractivity contribution in [1.29, 1.82) is 0 Å². The van der Waals surface area contributed by atoms with Crippen molar-refractivity contribution in [3.05, 3.63) is 17.0 Å². The summed E-state index contributed by atoms with van der Waals surface area (Å²) >= 11 is 0. The standard InChI is InChI=1S/C17H34N6O/c1-7-18-17(19-9-11-22(4)10-8-12-24-6)20-13-16-14(2)21-23(5)15(16)3/h7-13H2,1-6H3,(H2,18,19,20). The summed E-state index contributed by atoms with van der Waals surface area (Å²) in [5.41, 5.74) is 3.42. The van der Waals surface area contributed by atoms with Gasteiger partial charge in [-0.05, 0) is 34.2 Å². The van der Waals surface area contributed by atoms with E-state index in [0.717, 1.165) is 50.9 Å². The van der Waals surface area contributed by atoms with Crippen LogP contribution >= 0.6 is 0 Å². The normalized spacial score (nSPS) is 12.0. The van der Waals surface area contributed by atoms with Gasteiger partial charge in [-0.1, -0.05) is 0 Å². The van der Waals surface area contributed by atoms with Crippen LogP contribution in [0, 0.1) is 13.8 Å². The van der Waals surface area contributed by atoms with Crippen LogP contribution in [0.5, 0.6) is 0 Å². The topological polar surface area (TPSA) is 66.7 Å². The summed E-state index contributed by atoms with van der Waals surface area (Å²) in [7, 11) is 5.84. The number of guanidine groups is 1. The molecule has 7 heteroatoms. The Balaban J connectivity index is 2.48. The first-order valence-corrected chi connectivity index (χ1v) is 8.68. The van der Waals surface area contributed by atoms with Crippen LogP contribution in [0.2, 0.25) is 0 Å². The molecule has 0 aliphatic rings. The fraction of sp³-hybridized carbons (Fsp3) is 0.765. The summed E-state index contributed by atoms with van der Waals surface area (Å²) in [6.07, 6.45) is 1.06. The largest absolute Gasteiger partial charge is 0.385 e. The van der Waals surface area contributed by atoms with Gasteiger partial charge in [0.25, 0.3) is 0 Å². The van der Waals surface area contributed by atoms with Gasteiger partial charge in [-0.2, -0.15) is 5.10 Å². The van der Waals surface area contributed by atoms with E-state index in [4.69, 9.17) is 9.73 Å². The molecule has 1 aromatic rings. The molecule has 0 bridgehead atoms. The van der Waals surface area contributed by atoms with Gasteiger partial charge in [0.2, 0.25) is 0 Å². The minimum absolute atomic E-state index is 0.643. The highest BCUT2D eigenvalue weighted by Gasteiger charge is 2.09. The fourth-order valence-corrected chi connectivity index (χ4v) is 2.50. The first-order valence-electron chi connectivity index (χ1n) is 8.68. The summed E-state index contributed by atoms with van der Waals surface area (Å²) in [6.45, 7) is 11.4. The van der Waals surface area contributed by atoms with Crippen molar-refractivity contribution in [1.82, 2.24) is 25.3 Å². The Morgan fingerprint density at radius 3 is 2.62 bits per heavy atom. The predicted octanol–water partition coefficient (Wildman–Crippen LogP) is 1.06. The van der Waals surface area contributed by atoms with Crippen molar-refractivity contribution in [2.45, 2.75) is 33.7 Å². The SMILES string of the molecule is CCNC(=NCc1c(C)nn(C)c1C)NCCN(C)CCCOC. The Labute approximate surface area is 146 Å². The highest BCUT2D eigenvalue weighted by atomic mass is 16.5. The van der Waals surface area contributed by atoms with E-state index in [-0.39, 0.29) is 0 Å². The maximum atomic E-state index is 5.08. The molecule has 24 heavy (non-hydrogen) atoms. The molecule has 0 radical (unpaired) electrons.